The first kappa shape index (κ1) is 13.1. The number of hydrogen-bond acceptors (Lipinski definition) is 2. The first-order valence-electron chi connectivity index (χ1n) is 7.76. The first-order chi connectivity index (χ1) is 9.24. The SMILES string of the molecule is Cc1ccc(C2CCN(C3CCNC3)CC2)c(C)c1. The second kappa shape index (κ2) is 5.64. The minimum atomic E-state index is 0.784. The van der Waals surface area contributed by atoms with Gasteiger partial charge in [0.15, 0.2) is 0 Å². The van der Waals surface area contributed by atoms with Crippen LogP contribution >= 0.6 is 0 Å². The molecule has 2 fully saturated rings. The highest BCUT2D eigenvalue weighted by Gasteiger charge is 2.27. The summed E-state index contributed by atoms with van der Waals surface area (Å²) in [5, 5.41) is 3.49. The third-order valence-electron chi connectivity index (χ3n) is 4.95. The predicted molar refractivity (Wildman–Crippen MR) is 80.7 cm³/mol. The molecule has 19 heavy (non-hydrogen) atoms. The number of nitrogens with one attached hydrogen (secondary N) is 1. The monoisotopic (exact) mass is 258 g/mol. The molecular weight excluding hydrogens is 232 g/mol. The molecule has 1 atom stereocenters. The van der Waals surface area contributed by atoms with Crippen molar-refractivity contribution in [1.29, 1.82) is 0 Å². The molecule has 0 aliphatic carbocycles. The van der Waals surface area contributed by atoms with Crippen molar-refractivity contribution in [3.05, 3.63) is 34.9 Å². The highest BCUT2D eigenvalue weighted by Crippen LogP contribution is 2.31. The lowest BCUT2D eigenvalue weighted by Gasteiger charge is -2.36. The molecule has 1 N–H and O–H groups in total. The molecule has 1 aromatic rings. The van der Waals surface area contributed by atoms with Crippen LogP contribution in [-0.2, 0) is 0 Å². The van der Waals surface area contributed by atoms with Gasteiger partial charge in [-0.25, -0.2) is 0 Å². The van der Waals surface area contributed by atoms with Crippen molar-refractivity contribution in [2.75, 3.05) is 26.2 Å². The van der Waals surface area contributed by atoms with Crippen LogP contribution in [0.4, 0.5) is 0 Å². The van der Waals surface area contributed by atoms with Gasteiger partial charge in [-0.2, -0.15) is 0 Å². The van der Waals surface area contributed by atoms with Gasteiger partial charge in [0.25, 0.3) is 0 Å². The van der Waals surface area contributed by atoms with E-state index in [1.165, 1.54) is 56.6 Å². The van der Waals surface area contributed by atoms with Gasteiger partial charge in [0.05, 0.1) is 0 Å². The van der Waals surface area contributed by atoms with E-state index in [4.69, 9.17) is 0 Å². The summed E-state index contributed by atoms with van der Waals surface area (Å²) in [6, 6.07) is 7.78. The highest BCUT2D eigenvalue weighted by molar-refractivity contribution is 5.33. The Labute approximate surface area is 117 Å². The minimum absolute atomic E-state index is 0.784. The summed E-state index contributed by atoms with van der Waals surface area (Å²) in [6.45, 7) is 9.44. The quantitative estimate of drug-likeness (QED) is 0.877. The molecule has 0 spiro atoms. The van der Waals surface area contributed by atoms with Crippen LogP contribution in [0.2, 0.25) is 0 Å². The van der Waals surface area contributed by atoms with Crippen molar-refractivity contribution < 1.29 is 0 Å². The Balaban J connectivity index is 1.63. The summed E-state index contributed by atoms with van der Waals surface area (Å²) in [7, 11) is 0. The molecule has 104 valence electrons. The van der Waals surface area contributed by atoms with Gasteiger partial charge < -0.3 is 5.32 Å². The number of rotatable bonds is 2. The Morgan fingerprint density at radius 1 is 1.11 bits per heavy atom. The van der Waals surface area contributed by atoms with Crippen LogP contribution in [0.1, 0.15) is 41.9 Å². The summed E-state index contributed by atoms with van der Waals surface area (Å²) in [5.41, 5.74) is 4.46. The maximum absolute atomic E-state index is 3.49. The zero-order valence-electron chi connectivity index (χ0n) is 12.3. The van der Waals surface area contributed by atoms with Crippen molar-refractivity contribution in [2.45, 2.75) is 45.1 Å². The van der Waals surface area contributed by atoms with Crippen LogP contribution < -0.4 is 5.32 Å². The van der Waals surface area contributed by atoms with Crippen LogP contribution in [0, 0.1) is 13.8 Å². The molecular formula is C17H26N2. The number of piperidine rings is 1. The molecule has 1 unspecified atom stereocenters. The van der Waals surface area contributed by atoms with E-state index in [2.05, 4.69) is 42.3 Å². The molecule has 0 amide bonds. The molecule has 2 aliphatic heterocycles. The maximum Gasteiger partial charge on any atom is 0.0232 e. The van der Waals surface area contributed by atoms with Crippen molar-refractivity contribution in [2.24, 2.45) is 0 Å². The Morgan fingerprint density at radius 2 is 1.89 bits per heavy atom. The van der Waals surface area contributed by atoms with E-state index in [0.717, 1.165) is 12.0 Å². The maximum atomic E-state index is 3.49. The van der Waals surface area contributed by atoms with Crippen LogP contribution in [0.3, 0.4) is 0 Å². The molecule has 2 heterocycles. The third-order valence-corrected chi connectivity index (χ3v) is 4.95. The van der Waals surface area contributed by atoms with E-state index in [9.17, 15) is 0 Å². The molecule has 1 aromatic carbocycles. The van der Waals surface area contributed by atoms with Crippen molar-refractivity contribution in [1.82, 2.24) is 10.2 Å². The van der Waals surface area contributed by atoms with Crippen LogP contribution in [0.5, 0.6) is 0 Å². The fraction of sp³-hybridized carbons (Fsp3) is 0.647. The Bertz CT molecular complexity index is 427. The number of benzene rings is 1. The van der Waals surface area contributed by atoms with E-state index in [0.29, 0.717) is 0 Å². The lowest BCUT2D eigenvalue weighted by molar-refractivity contribution is 0.161. The summed E-state index contributed by atoms with van der Waals surface area (Å²) < 4.78 is 0. The van der Waals surface area contributed by atoms with Gasteiger partial charge in [0.2, 0.25) is 0 Å². The number of nitrogens with zero attached hydrogens (tertiary/aromatic N) is 1. The lowest BCUT2D eigenvalue weighted by atomic mass is 9.86. The topological polar surface area (TPSA) is 15.3 Å². The summed E-state index contributed by atoms with van der Waals surface area (Å²) in [5.74, 6) is 0.784. The van der Waals surface area contributed by atoms with Crippen molar-refractivity contribution >= 4 is 0 Å². The predicted octanol–water partition coefficient (Wildman–Crippen LogP) is 2.84. The Hall–Kier alpha value is -0.860. The molecule has 0 saturated carbocycles. The summed E-state index contributed by atoms with van der Waals surface area (Å²) in [6.07, 6.45) is 4.01. The van der Waals surface area contributed by atoms with Gasteiger partial charge in [-0.3, -0.25) is 4.90 Å². The number of likely N-dealkylation sites (tertiary alicyclic amines) is 1. The fourth-order valence-electron chi connectivity index (χ4n) is 3.81. The molecule has 2 heteroatoms. The first-order valence-corrected chi connectivity index (χ1v) is 7.76. The standard InChI is InChI=1S/C17H26N2/c1-13-3-4-17(14(2)11-13)15-6-9-19(10-7-15)16-5-8-18-12-16/h3-4,11,15-16,18H,5-10,12H2,1-2H3. The molecule has 3 rings (SSSR count). The van der Waals surface area contributed by atoms with Crippen molar-refractivity contribution in [3.8, 4) is 0 Å². The van der Waals surface area contributed by atoms with Crippen LogP contribution in [0.25, 0.3) is 0 Å². The second-order valence-corrected chi connectivity index (χ2v) is 6.32. The fourth-order valence-corrected chi connectivity index (χ4v) is 3.81. The molecule has 2 saturated heterocycles. The normalized spacial score (nSPS) is 25.9. The Morgan fingerprint density at radius 3 is 2.53 bits per heavy atom. The van der Waals surface area contributed by atoms with E-state index in [-0.39, 0.29) is 0 Å². The van der Waals surface area contributed by atoms with Gasteiger partial charge in [0, 0.05) is 12.6 Å². The van der Waals surface area contributed by atoms with E-state index >= 15 is 0 Å². The third kappa shape index (κ3) is 2.85. The van der Waals surface area contributed by atoms with Crippen molar-refractivity contribution in [3.63, 3.8) is 0 Å². The summed E-state index contributed by atoms with van der Waals surface area (Å²) in [4.78, 5) is 2.71. The minimum Gasteiger partial charge on any atom is -0.315 e. The lowest BCUT2D eigenvalue weighted by Crippen LogP contribution is -2.42. The molecule has 0 bridgehead atoms. The summed E-state index contributed by atoms with van der Waals surface area (Å²) >= 11 is 0. The molecule has 0 aromatic heterocycles. The van der Waals surface area contributed by atoms with E-state index in [1.807, 2.05) is 0 Å². The molecule has 0 radical (unpaired) electrons. The average Bonchev–Trinajstić information content (AvgIpc) is 2.93. The van der Waals surface area contributed by atoms with Crippen LogP contribution in [0.15, 0.2) is 18.2 Å². The van der Waals surface area contributed by atoms with Gasteiger partial charge in [0.1, 0.15) is 0 Å². The molecule has 2 aliphatic rings. The van der Waals surface area contributed by atoms with Gasteiger partial charge >= 0.3 is 0 Å². The van der Waals surface area contributed by atoms with E-state index < -0.39 is 0 Å². The van der Waals surface area contributed by atoms with Gasteiger partial charge in [-0.05, 0) is 69.8 Å². The van der Waals surface area contributed by atoms with Crippen LogP contribution in [-0.4, -0.2) is 37.1 Å². The smallest absolute Gasteiger partial charge is 0.0232 e. The number of aryl methyl sites for hydroxylation is 2. The largest absolute Gasteiger partial charge is 0.315 e. The van der Waals surface area contributed by atoms with Gasteiger partial charge in [-0.15, -0.1) is 0 Å². The van der Waals surface area contributed by atoms with Gasteiger partial charge in [-0.1, -0.05) is 23.8 Å². The van der Waals surface area contributed by atoms with E-state index in [1.54, 1.807) is 5.56 Å². The average molecular weight is 258 g/mol. The number of hydrogen-bond donors (Lipinski definition) is 1. The zero-order valence-corrected chi connectivity index (χ0v) is 12.3. The highest BCUT2D eigenvalue weighted by atomic mass is 15.2. The second-order valence-electron chi connectivity index (χ2n) is 6.32. The Kier molecular flexibility index (Phi) is 3.90. The zero-order chi connectivity index (χ0) is 13.2. The molecule has 2 nitrogen and oxygen atoms in total.